The summed E-state index contributed by atoms with van der Waals surface area (Å²) in [5.41, 5.74) is 1.07. The van der Waals surface area contributed by atoms with Crippen molar-refractivity contribution >= 4 is 23.2 Å². The zero-order valence-electron chi connectivity index (χ0n) is 8.61. The van der Waals surface area contributed by atoms with Gasteiger partial charge in [0.1, 0.15) is 6.07 Å². The van der Waals surface area contributed by atoms with E-state index in [0.29, 0.717) is 11.3 Å². The summed E-state index contributed by atoms with van der Waals surface area (Å²) in [6.45, 7) is 0. The molecular formula is C12H7ClN2O2. The lowest BCUT2D eigenvalue weighted by atomic mass is 10.2. The fourth-order valence-corrected chi connectivity index (χ4v) is 1.54. The van der Waals surface area contributed by atoms with Gasteiger partial charge in [0.25, 0.3) is 5.91 Å². The van der Waals surface area contributed by atoms with Crippen molar-refractivity contribution in [2.75, 3.05) is 5.32 Å². The Morgan fingerprint density at radius 2 is 2.12 bits per heavy atom. The Bertz CT molecular complexity index is 599. The minimum atomic E-state index is -0.411. The van der Waals surface area contributed by atoms with Crippen LogP contribution in [0.15, 0.2) is 41.0 Å². The molecule has 1 aromatic carbocycles. The first kappa shape index (κ1) is 11.2. The molecule has 0 saturated carbocycles. The molecular weight excluding hydrogens is 240 g/mol. The number of nitriles is 1. The van der Waals surface area contributed by atoms with E-state index in [1.165, 1.54) is 12.3 Å². The van der Waals surface area contributed by atoms with Gasteiger partial charge in [-0.05, 0) is 29.8 Å². The van der Waals surface area contributed by atoms with Gasteiger partial charge in [-0.2, -0.15) is 5.26 Å². The van der Waals surface area contributed by atoms with E-state index >= 15 is 0 Å². The topological polar surface area (TPSA) is 66.0 Å². The molecule has 17 heavy (non-hydrogen) atoms. The standard InChI is InChI=1S/C12H7ClN2O2/c13-11-9(5-6-17-11)12(16)15-10-4-2-1-3-8(10)7-14/h1-6H,(H,15,16). The van der Waals surface area contributed by atoms with Crippen LogP contribution in [0.25, 0.3) is 0 Å². The first-order chi connectivity index (χ1) is 8.22. The number of benzene rings is 1. The molecule has 0 aliphatic carbocycles. The molecule has 2 rings (SSSR count). The molecule has 0 unspecified atom stereocenters. The van der Waals surface area contributed by atoms with Crippen molar-refractivity contribution in [2.45, 2.75) is 0 Å². The number of halogens is 1. The van der Waals surface area contributed by atoms with E-state index in [1.807, 2.05) is 6.07 Å². The molecule has 0 spiro atoms. The SMILES string of the molecule is N#Cc1ccccc1NC(=O)c1ccoc1Cl. The van der Waals surface area contributed by atoms with Gasteiger partial charge in [-0.25, -0.2) is 0 Å². The maximum Gasteiger partial charge on any atom is 0.260 e. The largest absolute Gasteiger partial charge is 0.452 e. The van der Waals surface area contributed by atoms with E-state index < -0.39 is 5.91 Å². The van der Waals surface area contributed by atoms with Crippen LogP contribution >= 0.6 is 11.6 Å². The summed E-state index contributed by atoms with van der Waals surface area (Å²) in [4.78, 5) is 11.8. The highest BCUT2D eigenvalue weighted by Gasteiger charge is 2.14. The van der Waals surface area contributed by atoms with Crippen molar-refractivity contribution in [1.29, 1.82) is 5.26 Å². The second-order valence-corrected chi connectivity index (χ2v) is 3.56. The highest BCUT2D eigenvalue weighted by molar-refractivity contribution is 6.32. The third-order valence-corrected chi connectivity index (χ3v) is 2.45. The fraction of sp³-hybridized carbons (Fsp3) is 0. The zero-order chi connectivity index (χ0) is 12.3. The molecule has 0 saturated heterocycles. The second kappa shape index (κ2) is 4.73. The summed E-state index contributed by atoms with van der Waals surface area (Å²) in [7, 11) is 0. The average molecular weight is 247 g/mol. The lowest BCUT2D eigenvalue weighted by molar-refractivity contribution is 0.102. The average Bonchev–Trinajstić information content (AvgIpc) is 2.76. The van der Waals surface area contributed by atoms with Gasteiger partial charge in [-0.15, -0.1) is 0 Å². The van der Waals surface area contributed by atoms with Gasteiger partial charge < -0.3 is 9.73 Å². The molecule has 2 aromatic rings. The molecule has 4 nitrogen and oxygen atoms in total. The van der Waals surface area contributed by atoms with Crippen molar-refractivity contribution in [3.05, 3.63) is 52.9 Å². The van der Waals surface area contributed by atoms with Gasteiger partial charge in [0.05, 0.1) is 23.1 Å². The number of nitrogens with one attached hydrogen (secondary N) is 1. The molecule has 1 N–H and O–H groups in total. The van der Waals surface area contributed by atoms with Gasteiger partial charge in [-0.1, -0.05) is 12.1 Å². The van der Waals surface area contributed by atoms with Crippen molar-refractivity contribution in [2.24, 2.45) is 0 Å². The van der Waals surface area contributed by atoms with Gasteiger partial charge in [0.2, 0.25) is 5.22 Å². The van der Waals surface area contributed by atoms with Crippen LogP contribution in [0, 0.1) is 11.3 Å². The summed E-state index contributed by atoms with van der Waals surface area (Å²) in [6, 6.07) is 10.2. The van der Waals surface area contributed by atoms with E-state index in [-0.39, 0.29) is 10.8 Å². The minimum absolute atomic E-state index is 0.0249. The van der Waals surface area contributed by atoms with Crippen LogP contribution < -0.4 is 5.32 Å². The Labute approximate surface area is 102 Å². The predicted molar refractivity (Wildman–Crippen MR) is 62.8 cm³/mol. The first-order valence-corrected chi connectivity index (χ1v) is 5.13. The Morgan fingerprint density at radius 1 is 1.35 bits per heavy atom. The number of rotatable bonds is 2. The molecule has 0 fully saturated rings. The number of hydrogen-bond donors (Lipinski definition) is 1. The molecule has 84 valence electrons. The zero-order valence-corrected chi connectivity index (χ0v) is 9.36. The predicted octanol–water partition coefficient (Wildman–Crippen LogP) is 3.06. The Morgan fingerprint density at radius 3 is 2.76 bits per heavy atom. The van der Waals surface area contributed by atoms with Gasteiger partial charge in [0, 0.05) is 0 Å². The third-order valence-electron chi connectivity index (χ3n) is 2.16. The summed E-state index contributed by atoms with van der Waals surface area (Å²) in [5, 5.41) is 11.5. The van der Waals surface area contributed by atoms with Crippen LogP contribution in [0.5, 0.6) is 0 Å². The van der Waals surface area contributed by atoms with Gasteiger partial charge >= 0.3 is 0 Å². The summed E-state index contributed by atoms with van der Waals surface area (Å²) >= 11 is 5.68. The molecule has 0 atom stereocenters. The van der Waals surface area contributed by atoms with Crippen LogP contribution in [0.4, 0.5) is 5.69 Å². The molecule has 0 aliphatic heterocycles. The van der Waals surface area contributed by atoms with E-state index in [4.69, 9.17) is 21.3 Å². The Hall–Kier alpha value is -2.25. The van der Waals surface area contributed by atoms with Crippen LogP contribution in [0.3, 0.4) is 0 Å². The lowest BCUT2D eigenvalue weighted by Crippen LogP contribution is -2.12. The molecule has 1 heterocycles. The fourth-order valence-electron chi connectivity index (χ4n) is 1.34. The number of amides is 1. The molecule has 5 heteroatoms. The highest BCUT2D eigenvalue weighted by atomic mass is 35.5. The van der Waals surface area contributed by atoms with Crippen LogP contribution in [0.1, 0.15) is 15.9 Å². The van der Waals surface area contributed by atoms with Crippen molar-refractivity contribution in [3.8, 4) is 6.07 Å². The summed E-state index contributed by atoms with van der Waals surface area (Å²) in [5.74, 6) is -0.411. The number of furan rings is 1. The van der Waals surface area contributed by atoms with Crippen molar-refractivity contribution in [1.82, 2.24) is 0 Å². The second-order valence-electron chi connectivity index (χ2n) is 3.22. The van der Waals surface area contributed by atoms with Gasteiger partial charge in [-0.3, -0.25) is 4.79 Å². The van der Waals surface area contributed by atoms with E-state index in [1.54, 1.807) is 24.3 Å². The first-order valence-electron chi connectivity index (χ1n) is 4.76. The highest BCUT2D eigenvalue weighted by Crippen LogP contribution is 2.20. The maximum absolute atomic E-state index is 11.8. The number of anilines is 1. The maximum atomic E-state index is 11.8. The quantitative estimate of drug-likeness (QED) is 0.886. The third kappa shape index (κ3) is 2.30. The van der Waals surface area contributed by atoms with Crippen molar-refractivity contribution in [3.63, 3.8) is 0 Å². The Kier molecular flexibility index (Phi) is 3.12. The minimum Gasteiger partial charge on any atom is -0.452 e. The smallest absolute Gasteiger partial charge is 0.260 e. The van der Waals surface area contributed by atoms with Crippen molar-refractivity contribution < 1.29 is 9.21 Å². The summed E-state index contributed by atoms with van der Waals surface area (Å²) in [6.07, 6.45) is 1.33. The van der Waals surface area contributed by atoms with Gasteiger partial charge in [0.15, 0.2) is 0 Å². The van der Waals surface area contributed by atoms with E-state index in [0.717, 1.165) is 0 Å². The van der Waals surface area contributed by atoms with E-state index in [2.05, 4.69) is 5.32 Å². The van der Waals surface area contributed by atoms with Crippen LogP contribution in [-0.2, 0) is 0 Å². The number of carbonyl (C=O) groups excluding carboxylic acids is 1. The molecule has 1 aromatic heterocycles. The molecule has 1 amide bonds. The van der Waals surface area contributed by atoms with Crippen LogP contribution in [-0.4, -0.2) is 5.91 Å². The number of hydrogen-bond acceptors (Lipinski definition) is 3. The Balaban J connectivity index is 2.26. The van der Waals surface area contributed by atoms with E-state index in [9.17, 15) is 4.79 Å². The number of para-hydroxylation sites is 1. The molecule has 0 bridgehead atoms. The lowest BCUT2D eigenvalue weighted by Gasteiger charge is -2.05. The molecule has 0 radical (unpaired) electrons. The normalized spacial score (nSPS) is 9.65. The number of nitrogens with zero attached hydrogens (tertiary/aromatic N) is 1. The van der Waals surface area contributed by atoms with Crippen LogP contribution in [0.2, 0.25) is 5.22 Å². The molecule has 0 aliphatic rings. The number of carbonyl (C=O) groups is 1. The summed E-state index contributed by atoms with van der Waals surface area (Å²) < 4.78 is 4.82. The monoisotopic (exact) mass is 246 g/mol.